The highest BCUT2D eigenvalue weighted by Crippen LogP contribution is 2.06. The van der Waals surface area contributed by atoms with Gasteiger partial charge in [-0.3, -0.25) is 9.69 Å². The maximum Gasteiger partial charge on any atom is 0.235 e. The highest BCUT2D eigenvalue weighted by atomic mass is 16.7. The molecule has 0 radical (unpaired) electrons. The van der Waals surface area contributed by atoms with E-state index in [2.05, 4.69) is 28.9 Å². The molecule has 0 aromatic heterocycles. The first kappa shape index (κ1) is 18.9. The Balaban J connectivity index is 2.03. The van der Waals surface area contributed by atoms with Crippen molar-refractivity contribution in [2.75, 3.05) is 27.3 Å². The second-order valence-corrected chi connectivity index (χ2v) is 5.55. The summed E-state index contributed by atoms with van der Waals surface area (Å²) in [6.45, 7) is 1.73. The van der Waals surface area contributed by atoms with E-state index in [4.69, 9.17) is 9.47 Å². The van der Waals surface area contributed by atoms with Crippen LogP contribution in [-0.4, -0.2) is 44.3 Å². The van der Waals surface area contributed by atoms with Gasteiger partial charge in [0.25, 0.3) is 0 Å². The number of ether oxygens (including phenoxy) is 2. The Morgan fingerprint density at radius 2 is 1.60 bits per heavy atom. The van der Waals surface area contributed by atoms with Gasteiger partial charge in [0.05, 0.1) is 13.1 Å². The number of nitrogens with zero attached hydrogens (tertiary/aromatic N) is 1. The summed E-state index contributed by atoms with van der Waals surface area (Å²) in [4.78, 5) is 14.2. The Hall–Kier alpha value is -2.45. The quantitative estimate of drug-likeness (QED) is 0.321. The van der Waals surface area contributed by atoms with Crippen LogP contribution in [0.15, 0.2) is 60.7 Å². The monoisotopic (exact) mass is 337 g/mol. The SMILES string of the molecule is COC(CN(CC#CC(=O)c1ccccc1)Cc1ccccc1)OC. The lowest BCUT2D eigenvalue weighted by molar-refractivity contribution is -0.115. The maximum absolute atomic E-state index is 12.1. The Kier molecular flexibility index (Phi) is 7.87. The molecule has 2 aromatic carbocycles. The van der Waals surface area contributed by atoms with Crippen LogP contribution in [0.4, 0.5) is 0 Å². The second kappa shape index (κ2) is 10.4. The summed E-state index contributed by atoms with van der Waals surface area (Å²) in [5.74, 6) is 5.51. The van der Waals surface area contributed by atoms with Gasteiger partial charge in [-0.2, -0.15) is 0 Å². The third kappa shape index (κ3) is 6.52. The van der Waals surface area contributed by atoms with Gasteiger partial charge in [-0.15, -0.1) is 0 Å². The molecule has 0 spiro atoms. The van der Waals surface area contributed by atoms with Gasteiger partial charge in [-0.05, 0) is 11.5 Å². The molecule has 0 amide bonds. The number of carbonyl (C=O) groups excluding carboxylic acids is 1. The smallest absolute Gasteiger partial charge is 0.235 e. The Morgan fingerprint density at radius 3 is 2.20 bits per heavy atom. The minimum absolute atomic E-state index is 0.171. The van der Waals surface area contributed by atoms with E-state index in [0.29, 0.717) is 25.2 Å². The first-order chi connectivity index (χ1) is 12.2. The predicted molar refractivity (Wildman–Crippen MR) is 98.1 cm³/mol. The molecule has 0 aliphatic heterocycles. The summed E-state index contributed by atoms with van der Waals surface area (Å²) in [5.41, 5.74) is 1.78. The first-order valence-corrected chi connectivity index (χ1v) is 8.13. The van der Waals surface area contributed by atoms with Crippen molar-refractivity contribution in [3.05, 3.63) is 71.8 Å². The zero-order valence-corrected chi connectivity index (χ0v) is 14.6. The van der Waals surface area contributed by atoms with Crippen LogP contribution in [0.1, 0.15) is 15.9 Å². The Bertz CT molecular complexity index is 700. The fraction of sp³-hybridized carbons (Fsp3) is 0.286. The van der Waals surface area contributed by atoms with Gasteiger partial charge in [0, 0.05) is 26.3 Å². The van der Waals surface area contributed by atoms with Gasteiger partial charge < -0.3 is 9.47 Å². The summed E-state index contributed by atoms with van der Waals surface area (Å²) in [7, 11) is 3.22. The lowest BCUT2D eigenvalue weighted by Crippen LogP contribution is -2.34. The molecule has 0 N–H and O–H groups in total. The third-order valence-corrected chi connectivity index (χ3v) is 3.72. The number of hydrogen-bond donors (Lipinski definition) is 0. The van der Waals surface area contributed by atoms with E-state index in [1.807, 2.05) is 36.4 Å². The summed E-state index contributed by atoms with van der Waals surface area (Å²) >= 11 is 0. The Labute approximate surface area is 149 Å². The molecule has 2 rings (SSSR count). The number of methoxy groups -OCH3 is 2. The number of hydrogen-bond acceptors (Lipinski definition) is 4. The van der Waals surface area contributed by atoms with Crippen LogP contribution in [-0.2, 0) is 16.0 Å². The summed E-state index contributed by atoms with van der Waals surface area (Å²) in [5, 5.41) is 0. The average molecular weight is 337 g/mol. The molecule has 25 heavy (non-hydrogen) atoms. The van der Waals surface area contributed by atoms with Gasteiger partial charge in [0.2, 0.25) is 5.78 Å². The second-order valence-electron chi connectivity index (χ2n) is 5.55. The third-order valence-electron chi connectivity index (χ3n) is 3.72. The van der Waals surface area contributed by atoms with Crippen LogP contribution in [0.25, 0.3) is 0 Å². The Morgan fingerprint density at radius 1 is 1.00 bits per heavy atom. The summed E-state index contributed by atoms with van der Waals surface area (Å²) < 4.78 is 10.6. The summed E-state index contributed by atoms with van der Waals surface area (Å²) in [6, 6.07) is 19.2. The topological polar surface area (TPSA) is 38.8 Å². The molecule has 0 saturated heterocycles. The summed E-state index contributed by atoms with van der Waals surface area (Å²) in [6.07, 6.45) is -0.338. The highest BCUT2D eigenvalue weighted by molar-refractivity contribution is 6.08. The minimum atomic E-state index is -0.338. The zero-order chi connectivity index (χ0) is 17.9. The number of benzene rings is 2. The lowest BCUT2D eigenvalue weighted by atomic mass is 10.1. The van der Waals surface area contributed by atoms with Crippen LogP contribution in [0, 0.1) is 11.8 Å². The van der Waals surface area contributed by atoms with Crippen molar-refractivity contribution in [1.29, 1.82) is 0 Å². The molecular formula is C21H23NO3. The van der Waals surface area contributed by atoms with Crippen LogP contribution in [0.5, 0.6) is 0 Å². The van der Waals surface area contributed by atoms with Gasteiger partial charge in [0.15, 0.2) is 6.29 Å². The molecule has 0 aliphatic rings. The van der Waals surface area contributed by atoms with E-state index in [1.54, 1.807) is 26.4 Å². The first-order valence-electron chi connectivity index (χ1n) is 8.13. The van der Waals surface area contributed by atoms with Crippen molar-refractivity contribution in [2.24, 2.45) is 0 Å². The van der Waals surface area contributed by atoms with Gasteiger partial charge in [-0.25, -0.2) is 0 Å². The van der Waals surface area contributed by atoms with Gasteiger partial charge in [0.1, 0.15) is 0 Å². The van der Waals surface area contributed by atoms with E-state index in [-0.39, 0.29) is 12.1 Å². The molecule has 0 bridgehead atoms. The molecule has 0 saturated carbocycles. The molecule has 0 atom stereocenters. The average Bonchev–Trinajstić information content (AvgIpc) is 2.67. The van der Waals surface area contributed by atoms with Crippen LogP contribution in [0.3, 0.4) is 0 Å². The molecule has 2 aromatic rings. The molecular weight excluding hydrogens is 314 g/mol. The van der Waals surface area contributed by atoms with Crippen molar-refractivity contribution in [3.63, 3.8) is 0 Å². The molecule has 0 aliphatic carbocycles. The lowest BCUT2D eigenvalue weighted by Gasteiger charge is -2.24. The number of ketones is 1. The van der Waals surface area contributed by atoms with Gasteiger partial charge in [-0.1, -0.05) is 66.6 Å². The van der Waals surface area contributed by atoms with Gasteiger partial charge >= 0.3 is 0 Å². The molecule has 0 heterocycles. The molecule has 130 valence electrons. The normalized spacial score (nSPS) is 10.6. The van der Waals surface area contributed by atoms with Crippen LogP contribution >= 0.6 is 0 Å². The van der Waals surface area contributed by atoms with Crippen molar-refractivity contribution < 1.29 is 14.3 Å². The van der Waals surface area contributed by atoms with Crippen LogP contribution < -0.4 is 0 Å². The molecule has 4 nitrogen and oxygen atoms in total. The standard InChI is InChI=1S/C21H23NO3/c1-24-21(25-2)17-22(16-18-10-5-3-6-11-18)15-9-14-20(23)19-12-7-4-8-13-19/h3-8,10-13,21H,15-17H2,1-2H3. The van der Waals surface area contributed by atoms with E-state index in [9.17, 15) is 4.79 Å². The van der Waals surface area contributed by atoms with Crippen molar-refractivity contribution in [1.82, 2.24) is 4.90 Å². The largest absolute Gasteiger partial charge is 0.355 e. The van der Waals surface area contributed by atoms with E-state index in [0.717, 1.165) is 0 Å². The molecule has 0 fully saturated rings. The van der Waals surface area contributed by atoms with E-state index in [1.165, 1.54) is 5.56 Å². The van der Waals surface area contributed by atoms with Crippen molar-refractivity contribution in [2.45, 2.75) is 12.8 Å². The fourth-order valence-corrected chi connectivity index (χ4v) is 2.38. The number of carbonyl (C=O) groups is 1. The minimum Gasteiger partial charge on any atom is -0.355 e. The maximum atomic E-state index is 12.1. The van der Waals surface area contributed by atoms with E-state index >= 15 is 0 Å². The highest BCUT2D eigenvalue weighted by Gasteiger charge is 2.12. The van der Waals surface area contributed by atoms with Crippen LogP contribution in [0.2, 0.25) is 0 Å². The zero-order valence-electron chi connectivity index (χ0n) is 14.6. The molecule has 4 heteroatoms. The van der Waals surface area contributed by atoms with E-state index < -0.39 is 0 Å². The van der Waals surface area contributed by atoms with Crippen molar-refractivity contribution in [3.8, 4) is 11.8 Å². The number of rotatable bonds is 8. The number of Topliss-reactive ketones (excluding diaryl/α,β-unsaturated/α-hetero) is 1. The molecule has 0 unspecified atom stereocenters. The predicted octanol–water partition coefficient (Wildman–Crippen LogP) is 2.99. The fourth-order valence-electron chi connectivity index (χ4n) is 2.38. The van der Waals surface area contributed by atoms with Crippen molar-refractivity contribution >= 4 is 5.78 Å².